The van der Waals surface area contributed by atoms with Gasteiger partial charge in [-0.1, -0.05) is 0 Å². The number of nitrogens with two attached hydrogens (primary N) is 1. The molecule has 8 nitrogen and oxygen atoms in total. The lowest BCUT2D eigenvalue weighted by Gasteiger charge is -2.04. The fourth-order valence-corrected chi connectivity index (χ4v) is 1.20. The summed E-state index contributed by atoms with van der Waals surface area (Å²) in [6.07, 6.45) is 2.77. The first-order valence-corrected chi connectivity index (χ1v) is 4.78. The van der Waals surface area contributed by atoms with Gasteiger partial charge in [0.25, 0.3) is 5.91 Å². The standard InChI is InChI=1S/C9H11N7O/c1-16-9(12-5-13-16)14-8(17)6-2-3-7(15-10)11-4-6/h2-5H,10H2,1H3,(H,11,15)(H,12,13,14,17). The Morgan fingerprint density at radius 1 is 1.41 bits per heavy atom. The third-order valence-electron chi connectivity index (χ3n) is 2.11. The van der Waals surface area contributed by atoms with E-state index in [2.05, 4.69) is 25.8 Å². The fraction of sp³-hybridized carbons (Fsp3) is 0.111. The predicted molar refractivity (Wildman–Crippen MR) is 61.0 cm³/mol. The molecule has 0 unspecified atom stereocenters. The minimum atomic E-state index is -0.308. The summed E-state index contributed by atoms with van der Waals surface area (Å²) in [5, 5.41) is 6.44. The van der Waals surface area contributed by atoms with Gasteiger partial charge in [0, 0.05) is 13.2 Å². The van der Waals surface area contributed by atoms with Crippen LogP contribution in [0.5, 0.6) is 0 Å². The molecule has 4 N–H and O–H groups in total. The van der Waals surface area contributed by atoms with E-state index in [0.717, 1.165) is 0 Å². The minimum Gasteiger partial charge on any atom is -0.308 e. The van der Waals surface area contributed by atoms with Crippen molar-refractivity contribution in [3.05, 3.63) is 30.2 Å². The molecule has 8 heteroatoms. The summed E-state index contributed by atoms with van der Waals surface area (Å²) in [7, 11) is 1.68. The van der Waals surface area contributed by atoms with Gasteiger partial charge in [-0.25, -0.2) is 15.5 Å². The van der Waals surface area contributed by atoms with Crippen LogP contribution in [0.3, 0.4) is 0 Å². The highest BCUT2D eigenvalue weighted by Gasteiger charge is 2.09. The van der Waals surface area contributed by atoms with Gasteiger partial charge in [0.15, 0.2) is 0 Å². The molecule has 0 saturated heterocycles. The Bertz CT molecular complexity index is 518. The average molecular weight is 233 g/mol. The molecule has 0 atom stereocenters. The molecular formula is C9H11N7O. The quantitative estimate of drug-likeness (QED) is 0.498. The number of nitrogens with one attached hydrogen (secondary N) is 2. The van der Waals surface area contributed by atoms with Crippen LogP contribution >= 0.6 is 0 Å². The molecule has 0 fully saturated rings. The average Bonchev–Trinajstić information content (AvgIpc) is 2.75. The molecule has 0 aliphatic heterocycles. The Balaban J connectivity index is 2.12. The number of hydrogen-bond donors (Lipinski definition) is 3. The number of aromatic nitrogens is 4. The van der Waals surface area contributed by atoms with E-state index >= 15 is 0 Å². The summed E-state index contributed by atoms with van der Waals surface area (Å²) in [5.74, 6) is 5.72. The van der Waals surface area contributed by atoms with Gasteiger partial charge in [0.05, 0.1) is 5.56 Å². The van der Waals surface area contributed by atoms with Crippen molar-refractivity contribution in [2.45, 2.75) is 0 Å². The zero-order valence-electron chi connectivity index (χ0n) is 9.08. The largest absolute Gasteiger partial charge is 0.308 e. The number of aryl methyl sites for hydroxylation is 1. The first-order chi connectivity index (χ1) is 8.20. The Hall–Kier alpha value is -2.48. The van der Waals surface area contributed by atoms with E-state index in [1.165, 1.54) is 17.2 Å². The number of hydrazine groups is 1. The number of pyridine rings is 1. The van der Waals surface area contributed by atoms with E-state index in [0.29, 0.717) is 17.3 Å². The second-order valence-electron chi connectivity index (χ2n) is 3.24. The van der Waals surface area contributed by atoms with Crippen molar-refractivity contribution in [1.29, 1.82) is 0 Å². The number of rotatable bonds is 3. The van der Waals surface area contributed by atoms with E-state index in [4.69, 9.17) is 5.84 Å². The fourth-order valence-electron chi connectivity index (χ4n) is 1.20. The zero-order valence-corrected chi connectivity index (χ0v) is 9.08. The summed E-state index contributed by atoms with van der Waals surface area (Å²) >= 11 is 0. The Labute approximate surface area is 96.8 Å². The van der Waals surface area contributed by atoms with Crippen molar-refractivity contribution < 1.29 is 4.79 Å². The van der Waals surface area contributed by atoms with E-state index in [-0.39, 0.29) is 5.91 Å². The number of amides is 1. The number of anilines is 2. The van der Waals surface area contributed by atoms with Gasteiger partial charge >= 0.3 is 0 Å². The van der Waals surface area contributed by atoms with Crippen LogP contribution in [0.2, 0.25) is 0 Å². The molecule has 2 aromatic heterocycles. The highest BCUT2D eigenvalue weighted by atomic mass is 16.1. The van der Waals surface area contributed by atoms with Crippen molar-refractivity contribution in [1.82, 2.24) is 19.7 Å². The first-order valence-electron chi connectivity index (χ1n) is 4.78. The van der Waals surface area contributed by atoms with Crippen molar-refractivity contribution in [2.75, 3.05) is 10.7 Å². The van der Waals surface area contributed by atoms with Gasteiger partial charge in [0.2, 0.25) is 5.95 Å². The molecule has 0 spiro atoms. The van der Waals surface area contributed by atoms with E-state index < -0.39 is 0 Å². The van der Waals surface area contributed by atoms with Crippen LogP contribution in [0.25, 0.3) is 0 Å². The van der Waals surface area contributed by atoms with Crippen LogP contribution in [-0.4, -0.2) is 25.7 Å². The molecule has 1 amide bonds. The van der Waals surface area contributed by atoms with E-state index in [1.807, 2.05) is 0 Å². The Morgan fingerprint density at radius 2 is 2.24 bits per heavy atom. The molecule has 0 aliphatic carbocycles. The smallest absolute Gasteiger partial charge is 0.259 e. The van der Waals surface area contributed by atoms with E-state index in [9.17, 15) is 4.79 Å². The maximum absolute atomic E-state index is 11.8. The summed E-state index contributed by atoms with van der Waals surface area (Å²) in [5.41, 5.74) is 2.79. The second-order valence-corrected chi connectivity index (χ2v) is 3.24. The summed E-state index contributed by atoms with van der Waals surface area (Å²) < 4.78 is 1.46. The number of carbonyl (C=O) groups is 1. The second kappa shape index (κ2) is 4.58. The molecule has 0 aromatic carbocycles. The third-order valence-corrected chi connectivity index (χ3v) is 2.11. The predicted octanol–water partition coefficient (Wildman–Crippen LogP) is -0.252. The lowest BCUT2D eigenvalue weighted by Crippen LogP contribution is -2.16. The highest BCUT2D eigenvalue weighted by Crippen LogP contribution is 2.06. The summed E-state index contributed by atoms with van der Waals surface area (Å²) in [6.45, 7) is 0. The summed E-state index contributed by atoms with van der Waals surface area (Å²) in [6, 6.07) is 3.21. The third kappa shape index (κ3) is 2.37. The number of nitrogens with zero attached hydrogens (tertiary/aromatic N) is 4. The van der Waals surface area contributed by atoms with Crippen LogP contribution in [0, 0.1) is 0 Å². The number of hydrogen-bond acceptors (Lipinski definition) is 6. The normalized spacial score (nSPS) is 10.0. The highest BCUT2D eigenvalue weighted by molar-refractivity contribution is 6.03. The maximum Gasteiger partial charge on any atom is 0.259 e. The Kier molecular flexibility index (Phi) is 2.97. The van der Waals surface area contributed by atoms with Crippen LogP contribution < -0.4 is 16.6 Å². The molecule has 0 bridgehead atoms. The monoisotopic (exact) mass is 233 g/mol. The molecule has 0 radical (unpaired) electrons. The van der Waals surface area contributed by atoms with Crippen LogP contribution in [0.1, 0.15) is 10.4 Å². The lowest BCUT2D eigenvalue weighted by atomic mass is 10.2. The van der Waals surface area contributed by atoms with Crippen molar-refractivity contribution >= 4 is 17.7 Å². The van der Waals surface area contributed by atoms with E-state index in [1.54, 1.807) is 19.2 Å². The number of nitrogen functional groups attached to an aromatic ring is 1. The molecule has 2 rings (SSSR count). The van der Waals surface area contributed by atoms with Gasteiger partial charge in [-0.3, -0.25) is 10.1 Å². The molecule has 0 aliphatic rings. The van der Waals surface area contributed by atoms with Gasteiger partial charge in [-0.15, -0.1) is 0 Å². The van der Waals surface area contributed by atoms with Crippen LogP contribution in [0.15, 0.2) is 24.7 Å². The molecule has 2 heterocycles. The molecule has 0 saturated carbocycles. The van der Waals surface area contributed by atoms with Crippen molar-refractivity contribution in [3.63, 3.8) is 0 Å². The van der Waals surface area contributed by atoms with Crippen LogP contribution in [0.4, 0.5) is 11.8 Å². The van der Waals surface area contributed by atoms with Crippen molar-refractivity contribution in [2.24, 2.45) is 12.9 Å². The molecule has 17 heavy (non-hydrogen) atoms. The SMILES string of the molecule is Cn1ncnc1NC(=O)c1ccc(NN)nc1. The van der Waals surface area contributed by atoms with Crippen LogP contribution in [-0.2, 0) is 7.05 Å². The zero-order chi connectivity index (χ0) is 12.3. The van der Waals surface area contributed by atoms with Crippen molar-refractivity contribution in [3.8, 4) is 0 Å². The van der Waals surface area contributed by atoms with Gasteiger partial charge in [-0.2, -0.15) is 10.1 Å². The maximum atomic E-state index is 11.8. The molecule has 2 aromatic rings. The minimum absolute atomic E-state index is 0.308. The molecular weight excluding hydrogens is 222 g/mol. The molecule has 88 valence electrons. The summed E-state index contributed by atoms with van der Waals surface area (Å²) in [4.78, 5) is 19.6. The topological polar surface area (TPSA) is 111 Å². The van der Waals surface area contributed by atoms with Gasteiger partial charge in [0.1, 0.15) is 12.1 Å². The van der Waals surface area contributed by atoms with Gasteiger partial charge < -0.3 is 5.43 Å². The number of carbonyl (C=O) groups excluding carboxylic acids is 1. The Morgan fingerprint density at radius 3 is 2.76 bits per heavy atom. The van der Waals surface area contributed by atoms with Gasteiger partial charge in [-0.05, 0) is 12.1 Å². The lowest BCUT2D eigenvalue weighted by molar-refractivity contribution is 0.102. The first kappa shape index (κ1) is 11.0.